The van der Waals surface area contributed by atoms with E-state index in [2.05, 4.69) is 25.8 Å². The normalized spacial score (nSPS) is 12.1. The molecule has 1 rings (SSSR count). The van der Waals surface area contributed by atoms with Crippen LogP contribution in [0.1, 0.15) is 38.1 Å². The summed E-state index contributed by atoms with van der Waals surface area (Å²) in [5, 5.41) is 0. The number of rotatable bonds is 1. The van der Waals surface area contributed by atoms with Gasteiger partial charge in [-0.15, -0.1) is 0 Å². The molecule has 0 unspecified atom stereocenters. The van der Waals surface area contributed by atoms with E-state index in [4.69, 9.17) is 10.2 Å². The predicted octanol–water partition coefficient (Wildman–Crippen LogP) is 1.74. The van der Waals surface area contributed by atoms with E-state index in [0.717, 1.165) is 11.5 Å². The van der Waals surface area contributed by atoms with Gasteiger partial charge in [-0.3, -0.25) is 0 Å². The molecule has 0 aliphatic rings. The molecular weight excluding hydrogens is 152 g/mol. The largest absolute Gasteiger partial charge is 0.444 e. The monoisotopic (exact) mass is 168 g/mol. The van der Waals surface area contributed by atoms with Gasteiger partial charge in [0.25, 0.3) is 0 Å². The molecule has 68 valence electrons. The Morgan fingerprint density at radius 3 is 2.33 bits per heavy atom. The fourth-order valence-electron chi connectivity index (χ4n) is 1.19. The highest BCUT2D eigenvalue weighted by Gasteiger charge is 2.22. The van der Waals surface area contributed by atoms with E-state index in [0.29, 0.717) is 12.4 Å². The minimum absolute atomic E-state index is 0.0203. The standard InChI is InChI=1S/C9H16N2O/c1-6-11-8(9(2,3)4)7(5-10)12-6/h5,10H2,1-4H3. The predicted molar refractivity (Wildman–Crippen MR) is 47.8 cm³/mol. The molecule has 1 aromatic rings. The number of aromatic nitrogens is 1. The van der Waals surface area contributed by atoms with Gasteiger partial charge < -0.3 is 10.2 Å². The maximum Gasteiger partial charge on any atom is 0.191 e. The van der Waals surface area contributed by atoms with Crippen LogP contribution in [0.3, 0.4) is 0 Å². The van der Waals surface area contributed by atoms with Gasteiger partial charge in [0.1, 0.15) is 5.76 Å². The lowest BCUT2D eigenvalue weighted by Crippen LogP contribution is -2.15. The Morgan fingerprint density at radius 2 is 2.00 bits per heavy atom. The van der Waals surface area contributed by atoms with Crippen LogP contribution in [0.4, 0.5) is 0 Å². The Hall–Kier alpha value is -0.830. The molecule has 0 saturated carbocycles. The molecule has 0 spiro atoms. The molecule has 0 saturated heterocycles. The third-order valence-corrected chi connectivity index (χ3v) is 1.70. The van der Waals surface area contributed by atoms with Crippen molar-refractivity contribution in [3.63, 3.8) is 0 Å². The van der Waals surface area contributed by atoms with Crippen LogP contribution in [0.5, 0.6) is 0 Å². The zero-order chi connectivity index (χ0) is 9.35. The second kappa shape index (κ2) is 2.90. The summed E-state index contributed by atoms with van der Waals surface area (Å²) in [6.07, 6.45) is 0. The van der Waals surface area contributed by atoms with Gasteiger partial charge in [-0.2, -0.15) is 0 Å². The molecule has 2 N–H and O–H groups in total. The first-order valence-electron chi connectivity index (χ1n) is 4.12. The molecule has 1 heterocycles. The third kappa shape index (κ3) is 1.67. The van der Waals surface area contributed by atoms with Gasteiger partial charge in [0.05, 0.1) is 12.2 Å². The fraction of sp³-hybridized carbons (Fsp3) is 0.667. The topological polar surface area (TPSA) is 52.0 Å². The van der Waals surface area contributed by atoms with Gasteiger partial charge in [0, 0.05) is 12.3 Å². The Labute approximate surface area is 73.0 Å². The van der Waals surface area contributed by atoms with Crippen molar-refractivity contribution >= 4 is 0 Å². The smallest absolute Gasteiger partial charge is 0.191 e. The average Bonchev–Trinajstić information content (AvgIpc) is 2.29. The van der Waals surface area contributed by atoms with E-state index in [1.807, 2.05) is 6.92 Å². The van der Waals surface area contributed by atoms with Gasteiger partial charge in [0.2, 0.25) is 0 Å². The molecule has 0 bridgehead atoms. The van der Waals surface area contributed by atoms with Crippen LogP contribution in [0.2, 0.25) is 0 Å². The van der Waals surface area contributed by atoms with Crippen LogP contribution in [0, 0.1) is 6.92 Å². The first-order valence-corrected chi connectivity index (χ1v) is 4.12. The van der Waals surface area contributed by atoms with Crippen LogP contribution < -0.4 is 5.73 Å². The zero-order valence-electron chi connectivity index (χ0n) is 8.14. The van der Waals surface area contributed by atoms with Gasteiger partial charge in [0.15, 0.2) is 5.89 Å². The summed E-state index contributed by atoms with van der Waals surface area (Å²) < 4.78 is 5.35. The van der Waals surface area contributed by atoms with Crippen molar-refractivity contribution in [2.24, 2.45) is 5.73 Å². The summed E-state index contributed by atoms with van der Waals surface area (Å²) in [5.74, 6) is 1.50. The van der Waals surface area contributed by atoms with Gasteiger partial charge in [-0.1, -0.05) is 20.8 Å². The third-order valence-electron chi connectivity index (χ3n) is 1.70. The maximum atomic E-state index is 5.53. The van der Waals surface area contributed by atoms with Crippen molar-refractivity contribution in [3.8, 4) is 0 Å². The number of nitrogens with zero attached hydrogens (tertiary/aromatic N) is 1. The maximum absolute atomic E-state index is 5.53. The Kier molecular flexibility index (Phi) is 2.24. The Morgan fingerprint density at radius 1 is 1.42 bits per heavy atom. The molecule has 0 fully saturated rings. The Balaban J connectivity index is 3.13. The van der Waals surface area contributed by atoms with E-state index in [1.165, 1.54) is 0 Å². The second-order valence-corrected chi connectivity index (χ2v) is 3.96. The van der Waals surface area contributed by atoms with Crippen LogP contribution in [0.25, 0.3) is 0 Å². The number of hydrogen-bond donors (Lipinski definition) is 1. The fourth-order valence-corrected chi connectivity index (χ4v) is 1.19. The van der Waals surface area contributed by atoms with E-state index < -0.39 is 0 Å². The first kappa shape index (κ1) is 9.26. The van der Waals surface area contributed by atoms with Gasteiger partial charge in [-0.25, -0.2) is 4.98 Å². The molecule has 1 aromatic heterocycles. The van der Waals surface area contributed by atoms with E-state index >= 15 is 0 Å². The number of aryl methyl sites for hydroxylation is 1. The van der Waals surface area contributed by atoms with Crippen LogP contribution in [-0.4, -0.2) is 4.98 Å². The molecule has 12 heavy (non-hydrogen) atoms. The minimum atomic E-state index is 0.0203. The molecule has 0 aromatic carbocycles. The second-order valence-electron chi connectivity index (χ2n) is 3.96. The van der Waals surface area contributed by atoms with Crippen molar-refractivity contribution in [2.75, 3.05) is 0 Å². The van der Waals surface area contributed by atoms with Crippen molar-refractivity contribution in [1.82, 2.24) is 4.98 Å². The van der Waals surface area contributed by atoms with Crippen molar-refractivity contribution in [2.45, 2.75) is 39.7 Å². The highest BCUT2D eigenvalue weighted by atomic mass is 16.4. The van der Waals surface area contributed by atoms with Crippen molar-refractivity contribution in [1.29, 1.82) is 0 Å². The molecule has 0 atom stereocenters. The lowest BCUT2D eigenvalue weighted by molar-refractivity contribution is 0.465. The van der Waals surface area contributed by atoms with Crippen molar-refractivity contribution in [3.05, 3.63) is 17.3 Å². The van der Waals surface area contributed by atoms with E-state index in [-0.39, 0.29) is 5.41 Å². The van der Waals surface area contributed by atoms with Gasteiger partial charge in [-0.05, 0) is 0 Å². The summed E-state index contributed by atoms with van der Waals surface area (Å²) >= 11 is 0. The molecule has 0 radical (unpaired) electrons. The average molecular weight is 168 g/mol. The summed E-state index contributed by atoms with van der Waals surface area (Å²) in [4.78, 5) is 4.31. The molecule has 0 aliphatic heterocycles. The number of oxazole rings is 1. The number of nitrogens with two attached hydrogens (primary N) is 1. The quantitative estimate of drug-likeness (QED) is 0.695. The molecule has 0 aliphatic carbocycles. The Bertz CT molecular complexity index is 271. The molecule has 3 nitrogen and oxygen atoms in total. The van der Waals surface area contributed by atoms with Crippen LogP contribution in [-0.2, 0) is 12.0 Å². The number of hydrogen-bond acceptors (Lipinski definition) is 3. The minimum Gasteiger partial charge on any atom is -0.444 e. The lowest BCUT2D eigenvalue weighted by Gasteiger charge is -2.15. The summed E-state index contributed by atoms with van der Waals surface area (Å²) in [6, 6.07) is 0. The van der Waals surface area contributed by atoms with Crippen LogP contribution in [0.15, 0.2) is 4.42 Å². The summed E-state index contributed by atoms with van der Waals surface area (Å²) in [7, 11) is 0. The zero-order valence-corrected chi connectivity index (χ0v) is 8.14. The van der Waals surface area contributed by atoms with Crippen LogP contribution >= 0.6 is 0 Å². The van der Waals surface area contributed by atoms with E-state index in [1.54, 1.807) is 0 Å². The SMILES string of the molecule is Cc1nc(C(C)(C)C)c(CN)o1. The first-order chi connectivity index (χ1) is 5.45. The highest BCUT2D eigenvalue weighted by molar-refractivity contribution is 5.18. The molecule has 3 heteroatoms. The molecule has 0 amide bonds. The van der Waals surface area contributed by atoms with Crippen molar-refractivity contribution < 1.29 is 4.42 Å². The summed E-state index contributed by atoms with van der Waals surface area (Å²) in [5.41, 5.74) is 6.52. The van der Waals surface area contributed by atoms with E-state index in [9.17, 15) is 0 Å². The molecular formula is C9H16N2O. The van der Waals surface area contributed by atoms with Gasteiger partial charge >= 0.3 is 0 Å². The summed E-state index contributed by atoms with van der Waals surface area (Å²) in [6.45, 7) is 8.57. The highest BCUT2D eigenvalue weighted by Crippen LogP contribution is 2.25. The lowest BCUT2D eigenvalue weighted by atomic mass is 9.91.